The predicted octanol–water partition coefficient (Wildman–Crippen LogP) is 3.23. The maximum absolute atomic E-state index is 14.1. The molecule has 160 valence electrons. The molecule has 1 N–H and O–H groups in total. The molecule has 2 heterocycles. The molecule has 8 heteroatoms. The summed E-state index contributed by atoms with van der Waals surface area (Å²) in [6.07, 6.45) is 0.989. The van der Waals surface area contributed by atoms with Crippen molar-refractivity contribution in [3.05, 3.63) is 36.0 Å². The van der Waals surface area contributed by atoms with E-state index in [0.717, 1.165) is 0 Å². The van der Waals surface area contributed by atoms with Crippen LogP contribution in [0.25, 0.3) is 10.9 Å². The Kier molecular flexibility index (Phi) is 4.71. The minimum Gasteiger partial charge on any atom is -0.444 e. The maximum Gasteiger partial charge on any atom is 0.410 e. The van der Waals surface area contributed by atoms with E-state index in [2.05, 4.69) is 15.3 Å². The van der Waals surface area contributed by atoms with E-state index in [1.165, 1.54) is 12.4 Å². The number of aromatic nitrogens is 2. The number of carbonyl (C=O) groups is 2. The summed E-state index contributed by atoms with van der Waals surface area (Å²) in [4.78, 5) is 35.2. The Morgan fingerprint density at radius 3 is 2.43 bits per heavy atom. The number of carbonyl (C=O) groups excluding carboxylic acids is 2. The van der Waals surface area contributed by atoms with E-state index in [0.29, 0.717) is 24.2 Å². The number of nitrogens with zero attached hydrogens (tertiary/aromatic N) is 3. The lowest BCUT2D eigenvalue weighted by Gasteiger charge is -2.28. The normalized spacial score (nSPS) is 23.3. The lowest BCUT2D eigenvalue weighted by atomic mass is 9.95. The van der Waals surface area contributed by atoms with Gasteiger partial charge in [-0.2, -0.15) is 0 Å². The topological polar surface area (TPSA) is 84.4 Å². The molecular formula is C22H27FN4O3. The number of piperidine rings is 1. The molecule has 2 aliphatic rings. The number of nitrogens with one attached hydrogen (secondary N) is 1. The molecule has 2 amide bonds. The average Bonchev–Trinajstić information content (AvgIpc) is 3.14. The fraction of sp³-hybridized carbons (Fsp3) is 0.545. The van der Waals surface area contributed by atoms with Crippen LogP contribution in [0.4, 0.5) is 9.18 Å². The summed E-state index contributed by atoms with van der Waals surface area (Å²) in [6.45, 7) is 10.3. The summed E-state index contributed by atoms with van der Waals surface area (Å²) < 4.78 is 19.5. The molecule has 0 bridgehead atoms. The van der Waals surface area contributed by atoms with Gasteiger partial charge in [-0.15, -0.1) is 0 Å². The van der Waals surface area contributed by atoms with Gasteiger partial charge in [-0.25, -0.2) is 19.2 Å². The van der Waals surface area contributed by atoms with Crippen molar-refractivity contribution in [1.82, 2.24) is 20.2 Å². The number of fused-ring (bicyclic) bond motifs is 2. The van der Waals surface area contributed by atoms with Gasteiger partial charge < -0.3 is 15.0 Å². The summed E-state index contributed by atoms with van der Waals surface area (Å²) in [5, 5.41) is 3.65. The van der Waals surface area contributed by atoms with Crippen molar-refractivity contribution >= 4 is 22.9 Å². The van der Waals surface area contributed by atoms with E-state index >= 15 is 0 Å². The molecule has 1 aromatic carbocycles. The molecule has 2 atom stereocenters. The number of hydrogen-bond donors (Lipinski definition) is 1. The van der Waals surface area contributed by atoms with Gasteiger partial charge in [0.25, 0.3) is 0 Å². The van der Waals surface area contributed by atoms with Crippen molar-refractivity contribution in [2.45, 2.75) is 45.8 Å². The number of para-hydroxylation sites is 1. The molecule has 4 rings (SSSR count). The Morgan fingerprint density at radius 2 is 1.80 bits per heavy atom. The highest BCUT2D eigenvalue weighted by molar-refractivity contribution is 5.86. The van der Waals surface area contributed by atoms with Crippen LogP contribution in [0.5, 0.6) is 0 Å². The van der Waals surface area contributed by atoms with Gasteiger partial charge in [0.15, 0.2) is 0 Å². The van der Waals surface area contributed by atoms with Crippen LogP contribution in [-0.4, -0.2) is 45.6 Å². The number of rotatable bonds is 3. The predicted molar refractivity (Wildman–Crippen MR) is 109 cm³/mol. The minimum absolute atomic E-state index is 0.0676. The summed E-state index contributed by atoms with van der Waals surface area (Å²) in [5.41, 5.74) is -0.527. The second kappa shape index (κ2) is 6.89. The highest BCUT2D eigenvalue weighted by Gasteiger charge is 2.61. The van der Waals surface area contributed by atoms with Crippen LogP contribution in [-0.2, 0) is 15.1 Å². The third kappa shape index (κ3) is 3.70. The number of benzene rings is 1. The third-order valence-corrected chi connectivity index (χ3v) is 5.79. The number of hydrogen-bond acceptors (Lipinski definition) is 5. The lowest BCUT2D eigenvalue weighted by Crippen LogP contribution is -2.44. The van der Waals surface area contributed by atoms with Crippen LogP contribution in [0.15, 0.2) is 24.5 Å². The van der Waals surface area contributed by atoms with Crippen LogP contribution in [0, 0.1) is 23.6 Å². The second-order valence-corrected chi connectivity index (χ2v) is 9.71. The van der Waals surface area contributed by atoms with Gasteiger partial charge in [0.1, 0.15) is 23.3 Å². The van der Waals surface area contributed by atoms with Crippen molar-refractivity contribution in [2.24, 2.45) is 17.8 Å². The summed E-state index contributed by atoms with van der Waals surface area (Å²) in [6, 6.07) is 4.72. The van der Waals surface area contributed by atoms with Crippen molar-refractivity contribution in [1.29, 1.82) is 0 Å². The largest absolute Gasteiger partial charge is 0.444 e. The van der Waals surface area contributed by atoms with Gasteiger partial charge in [-0.3, -0.25) is 4.79 Å². The first kappa shape index (κ1) is 20.5. The van der Waals surface area contributed by atoms with E-state index in [1.807, 2.05) is 34.6 Å². The molecule has 1 saturated heterocycles. The molecule has 2 aromatic rings. The standard InChI is InChI=1S/C22H27FN4O3/c1-21(2,3)30-20(29)27-9-13-14(10-27)16(13)19(28)26-22(4,5)18-12-7-6-8-15(23)17(12)24-11-25-18/h6-8,11,13-14,16H,9-10H2,1-5H3,(H,26,28). The zero-order valence-corrected chi connectivity index (χ0v) is 17.9. The number of ether oxygens (including phenoxy) is 1. The van der Waals surface area contributed by atoms with Crippen molar-refractivity contribution in [3.63, 3.8) is 0 Å². The first-order chi connectivity index (χ1) is 14.0. The van der Waals surface area contributed by atoms with E-state index in [4.69, 9.17) is 4.74 Å². The first-order valence-corrected chi connectivity index (χ1v) is 10.2. The van der Waals surface area contributed by atoms with E-state index in [-0.39, 0.29) is 35.3 Å². The molecule has 1 aliphatic carbocycles. The van der Waals surface area contributed by atoms with Gasteiger partial charge in [0.2, 0.25) is 5.91 Å². The smallest absolute Gasteiger partial charge is 0.410 e. The average molecular weight is 414 g/mol. The Bertz CT molecular complexity index is 1010. The second-order valence-electron chi connectivity index (χ2n) is 9.71. The molecule has 1 saturated carbocycles. The van der Waals surface area contributed by atoms with Crippen LogP contribution in [0.3, 0.4) is 0 Å². The molecule has 1 aliphatic heterocycles. The van der Waals surface area contributed by atoms with Crippen molar-refractivity contribution in [3.8, 4) is 0 Å². The van der Waals surface area contributed by atoms with Crippen molar-refractivity contribution < 1.29 is 18.7 Å². The molecule has 0 radical (unpaired) electrons. The SMILES string of the molecule is CC(C)(C)OC(=O)N1CC2C(C1)C2C(=O)NC(C)(C)c1ncnc2c(F)cccc12. The molecule has 2 fully saturated rings. The van der Waals surface area contributed by atoms with E-state index in [9.17, 15) is 14.0 Å². The zero-order valence-electron chi connectivity index (χ0n) is 17.9. The Labute approximate surface area is 175 Å². The van der Waals surface area contributed by atoms with Gasteiger partial charge in [0, 0.05) is 24.4 Å². The maximum atomic E-state index is 14.1. The third-order valence-electron chi connectivity index (χ3n) is 5.79. The number of halogens is 1. The highest BCUT2D eigenvalue weighted by atomic mass is 19.1. The molecule has 2 unspecified atom stereocenters. The molecule has 7 nitrogen and oxygen atoms in total. The van der Waals surface area contributed by atoms with E-state index in [1.54, 1.807) is 17.0 Å². The first-order valence-electron chi connectivity index (χ1n) is 10.2. The monoisotopic (exact) mass is 414 g/mol. The van der Waals surface area contributed by atoms with Gasteiger partial charge in [-0.05, 0) is 52.5 Å². The fourth-order valence-corrected chi connectivity index (χ4v) is 4.39. The fourth-order valence-electron chi connectivity index (χ4n) is 4.39. The Morgan fingerprint density at radius 1 is 1.13 bits per heavy atom. The number of likely N-dealkylation sites (tertiary alicyclic amines) is 1. The van der Waals surface area contributed by atoms with Crippen LogP contribution >= 0.6 is 0 Å². The lowest BCUT2D eigenvalue weighted by molar-refractivity contribution is -0.125. The van der Waals surface area contributed by atoms with Crippen LogP contribution in [0.2, 0.25) is 0 Å². The van der Waals surface area contributed by atoms with Gasteiger partial charge >= 0.3 is 6.09 Å². The van der Waals surface area contributed by atoms with Crippen LogP contribution in [0.1, 0.15) is 40.3 Å². The zero-order chi connectivity index (χ0) is 21.8. The highest BCUT2D eigenvalue weighted by Crippen LogP contribution is 2.52. The molecular weight excluding hydrogens is 387 g/mol. The quantitative estimate of drug-likeness (QED) is 0.834. The van der Waals surface area contributed by atoms with Gasteiger partial charge in [-0.1, -0.05) is 12.1 Å². The van der Waals surface area contributed by atoms with E-state index < -0.39 is 17.0 Å². The summed E-state index contributed by atoms with van der Waals surface area (Å²) >= 11 is 0. The summed E-state index contributed by atoms with van der Waals surface area (Å²) in [5.74, 6) is -0.326. The summed E-state index contributed by atoms with van der Waals surface area (Å²) in [7, 11) is 0. The Hall–Kier alpha value is -2.77. The molecule has 1 aromatic heterocycles. The Balaban J connectivity index is 1.43. The van der Waals surface area contributed by atoms with Gasteiger partial charge in [0.05, 0.1) is 11.2 Å². The minimum atomic E-state index is -0.798. The van der Waals surface area contributed by atoms with Crippen molar-refractivity contribution in [2.75, 3.05) is 13.1 Å². The van der Waals surface area contributed by atoms with Crippen LogP contribution < -0.4 is 5.32 Å². The number of amides is 2. The molecule has 30 heavy (non-hydrogen) atoms. The molecule has 0 spiro atoms.